The summed E-state index contributed by atoms with van der Waals surface area (Å²) in [5.74, 6) is -0.142. The normalized spacial score (nSPS) is 18.2. The van der Waals surface area contributed by atoms with Crippen LogP contribution in [0.1, 0.15) is 24.1 Å². The molecule has 1 amide bonds. The fourth-order valence-corrected chi connectivity index (χ4v) is 2.69. The number of primary amides is 1. The van der Waals surface area contributed by atoms with E-state index in [1.807, 2.05) is 14.0 Å². The lowest BCUT2D eigenvalue weighted by molar-refractivity contribution is -0.123. The number of aromatic nitrogens is 2. The van der Waals surface area contributed by atoms with Gasteiger partial charge < -0.3 is 5.73 Å². The predicted molar refractivity (Wildman–Crippen MR) is 70.2 cm³/mol. The van der Waals surface area contributed by atoms with E-state index in [0.29, 0.717) is 5.15 Å². The molecule has 18 heavy (non-hydrogen) atoms. The number of aryl methyl sites for hydroxylation is 2. The third-order valence-corrected chi connectivity index (χ3v) is 4.11. The van der Waals surface area contributed by atoms with Gasteiger partial charge in [-0.1, -0.05) is 11.6 Å². The van der Waals surface area contributed by atoms with Gasteiger partial charge in [0.25, 0.3) is 0 Å². The molecule has 0 saturated carbocycles. The molecule has 2 N–H and O–H groups in total. The number of rotatable bonds is 3. The number of piperidine rings is 1. The molecule has 0 bridgehead atoms. The molecular weight excluding hydrogens is 252 g/mol. The Balaban J connectivity index is 1.97. The fraction of sp³-hybridized carbons (Fsp3) is 0.667. The zero-order chi connectivity index (χ0) is 13.3. The van der Waals surface area contributed by atoms with Crippen LogP contribution in [0.3, 0.4) is 0 Å². The lowest BCUT2D eigenvalue weighted by atomic mass is 9.96. The number of hydrogen-bond donors (Lipinski definition) is 1. The number of nitrogens with two attached hydrogens (primary N) is 1. The van der Waals surface area contributed by atoms with Crippen LogP contribution in [-0.4, -0.2) is 33.7 Å². The van der Waals surface area contributed by atoms with Crippen LogP contribution in [0.5, 0.6) is 0 Å². The Morgan fingerprint density at radius 1 is 1.50 bits per heavy atom. The van der Waals surface area contributed by atoms with Gasteiger partial charge in [0.2, 0.25) is 5.91 Å². The first-order valence-corrected chi connectivity index (χ1v) is 6.56. The van der Waals surface area contributed by atoms with Crippen LogP contribution in [0, 0.1) is 12.8 Å². The molecule has 6 heteroatoms. The van der Waals surface area contributed by atoms with Crippen molar-refractivity contribution >= 4 is 17.5 Å². The highest BCUT2D eigenvalue weighted by Crippen LogP contribution is 2.23. The molecule has 1 aromatic heterocycles. The quantitative estimate of drug-likeness (QED) is 0.894. The molecule has 0 atom stereocenters. The highest BCUT2D eigenvalue weighted by Gasteiger charge is 2.24. The second-order valence-corrected chi connectivity index (χ2v) is 5.29. The summed E-state index contributed by atoms with van der Waals surface area (Å²) in [7, 11) is 1.85. The molecule has 100 valence electrons. The van der Waals surface area contributed by atoms with E-state index in [9.17, 15) is 4.79 Å². The van der Waals surface area contributed by atoms with E-state index < -0.39 is 0 Å². The van der Waals surface area contributed by atoms with Crippen LogP contribution in [-0.2, 0) is 18.4 Å². The Hall–Kier alpha value is -1.07. The van der Waals surface area contributed by atoms with Crippen molar-refractivity contribution in [1.82, 2.24) is 14.7 Å². The average Bonchev–Trinajstić information content (AvgIpc) is 2.57. The molecule has 2 heterocycles. The first-order valence-electron chi connectivity index (χ1n) is 6.18. The number of amides is 1. The maximum atomic E-state index is 11.1. The second kappa shape index (κ2) is 5.28. The summed E-state index contributed by atoms with van der Waals surface area (Å²) in [6.07, 6.45) is 1.68. The summed E-state index contributed by atoms with van der Waals surface area (Å²) in [6, 6.07) is 0. The van der Waals surface area contributed by atoms with Crippen LogP contribution in [0.25, 0.3) is 0 Å². The zero-order valence-corrected chi connectivity index (χ0v) is 11.6. The van der Waals surface area contributed by atoms with Gasteiger partial charge in [0, 0.05) is 25.1 Å². The van der Waals surface area contributed by atoms with E-state index in [0.717, 1.165) is 43.7 Å². The largest absolute Gasteiger partial charge is 0.369 e. The summed E-state index contributed by atoms with van der Waals surface area (Å²) in [5.41, 5.74) is 7.38. The Kier molecular flexibility index (Phi) is 3.92. The van der Waals surface area contributed by atoms with Crippen molar-refractivity contribution in [3.8, 4) is 0 Å². The van der Waals surface area contributed by atoms with Gasteiger partial charge in [-0.2, -0.15) is 5.10 Å². The minimum atomic E-state index is -0.176. The first-order chi connectivity index (χ1) is 8.49. The van der Waals surface area contributed by atoms with Gasteiger partial charge in [-0.15, -0.1) is 0 Å². The lowest BCUT2D eigenvalue weighted by Gasteiger charge is -2.30. The Bertz CT molecular complexity index is 449. The summed E-state index contributed by atoms with van der Waals surface area (Å²) in [6.45, 7) is 4.54. The van der Waals surface area contributed by atoms with Crippen molar-refractivity contribution in [3.05, 3.63) is 16.4 Å². The summed E-state index contributed by atoms with van der Waals surface area (Å²) >= 11 is 6.21. The van der Waals surface area contributed by atoms with Gasteiger partial charge in [-0.3, -0.25) is 14.4 Å². The van der Waals surface area contributed by atoms with E-state index in [2.05, 4.69) is 10.00 Å². The topological polar surface area (TPSA) is 64.2 Å². The van der Waals surface area contributed by atoms with Crippen molar-refractivity contribution in [3.63, 3.8) is 0 Å². The zero-order valence-electron chi connectivity index (χ0n) is 10.8. The third-order valence-electron chi connectivity index (χ3n) is 3.64. The van der Waals surface area contributed by atoms with Gasteiger partial charge in [-0.25, -0.2) is 0 Å². The van der Waals surface area contributed by atoms with Crippen molar-refractivity contribution in [2.24, 2.45) is 18.7 Å². The average molecular weight is 271 g/mol. The van der Waals surface area contributed by atoms with E-state index in [1.54, 1.807) is 4.68 Å². The Labute approximate surface area is 112 Å². The molecular formula is C12H19ClN4O. The molecule has 5 nitrogen and oxygen atoms in total. The van der Waals surface area contributed by atoms with E-state index >= 15 is 0 Å². The van der Waals surface area contributed by atoms with E-state index in [1.165, 1.54) is 0 Å². The molecule has 0 aromatic carbocycles. The minimum Gasteiger partial charge on any atom is -0.369 e. The Morgan fingerprint density at radius 3 is 2.56 bits per heavy atom. The number of carbonyl (C=O) groups excluding carboxylic acids is 1. The summed E-state index contributed by atoms with van der Waals surface area (Å²) in [4.78, 5) is 13.4. The minimum absolute atomic E-state index is 0.0340. The molecule has 0 spiro atoms. The molecule has 0 radical (unpaired) electrons. The highest BCUT2D eigenvalue weighted by molar-refractivity contribution is 6.30. The van der Waals surface area contributed by atoms with Crippen molar-refractivity contribution in [2.45, 2.75) is 26.3 Å². The lowest BCUT2D eigenvalue weighted by Crippen LogP contribution is -2.38. The number of hydrogen-bond acceptors (Lipinski definition) is 3. The van der Waals surface area contributed by atoms with Gasteiger partial charge in [0.15, 0.2) is 0 Å². The number of carbonyl (C=O) groups is 1. The number of likely N-dealkylation sites (tertiary alicyclic amines) is 1. The van der Waals surface area contributed by atoms with Gasteiger partial charge in [0.05, 0.1) is 5.69 Å². The van der Waals surface area contributed by atoms with Crippen molar-refractivity contribution in [1.29, 1.82) is 0 Å². The SMILES string of the molecule is Cc1nn(C)c(Cl)c1CN1CCC(C(N)=O)CC1. The summed E-state index contributed by atoms with van der Waals surface area (Å²) in [5, 5.41) is 5.00. The van der Waals surface area contributed by atoms with Gasteiger partial charge >= 0.3 is 0 Å². The highest BCUT2D eigenvalue weighted by atomic mass is 35.5. The maximum Gasteiger partial charge on any atom is 0.220 e. The molecule has 1 fully saturated rings. The monoisotopic (exact) mass is 270 g/mol. The van der Waals surface area contributed by atoms with Crippen LogP contribution in [0.4, 0.5) is 0 Å². The maximum absolute atomic E-state index is 11.1. The molecule has 0 aliphatic carbocycles. The van der Waals surface area contributed by atoms with Crippen LogP contribution >= 0.6 is 11.6 Å². The Morgan fingerprint density at radius 2 is 2.11 bits per heavy atom. The van der Waals surface area contributed by atoms with Crippen molar-refractivity contribution < 1.29 is 4.79 Å². The second-order valence-electron chi connectivity index (χ2n) is 4.93. The fourth-order valence-electron chi connectivity index (χ4n) is 2.45. The molecule has 1 aliphatic heterocycles. The molecule has 1 saturated heterocycles. The number of halogens is 1. The molecule has 0 unspecified atom stereocenters. The van der Waals surface area contributed by atoms with Crippen molar-refractivity contribution in [2.75, 3.05) is 13.1 Å². The van der Waals surface area contributed by atoms with Crippen LogP contribution < -0.4 is 5.73 Å². The smallest absolute Gasteiger partial charge is 0.220 e. The standard InChI is InChI=1S/C12H19ClN4O/c1-8-10(11(13)16(2)15-8)7-17-5-3-9(4-6-17)12(14)18/h9H,3-7H2,1-2H3,(H2,14,18). The predicted octanol–water partition coefficient (Wildman–Crippen LogP) is 1.08. The van der Waals surface area contributed by atoms with Crippen LogP contribution in [0.15, 0.2) is 0 Å². The molecule has 1 aromatic rings. The number of nitrogens with zero attached hydrogens (tertiary/aromatic N) is 3. The third kappa shape index (κ3) is 2.67. The van der Waals surface area contributed by atoms with E-state index in [-0.39, 0.29) is 11.8 Å². The van der Waals surface area contributed by atoms with Crippen LogP contribution in [0.2, 0.25) is 5.15 Å². The first kappa shape index (κ1) is 13.4. The molecule has 2 rings (SSSR count). The van der Waals surface area contributed by atoms with Gasteiger partial charge in [-0.05, 0) is 32.9 Å². The summed E-state index contributed by atoms with van der Waals surface area (Å²) < 4.78 is 1.70. The van der Waals surface area contributed by atoms with E-state index in [4.69, 9.17) is 17.3 Å². The molecule has 1 aliphatic rings. The van der Waals surface area contributed by atoms with Gasteiger partial charge in [0.1, 0.15) is 5.15 Å².